The van der Waals surface area contributed by atoms with Crippen molar-refractivity contribution in [3.05, 3.63) is 71.9 Å². The average Bonchev–Trinajstić information content (AvgIpc) is 3.35. The van der Waals surface area contributed by atoms with Gasteiger partial charge < -0.3 is 11.1 Å². The molecule has 1 unspecified atom stereocenters. The highest BCUT2D eigenvalue weighted by Crippen LogP contribution is 2.42. The number of nitrogens with zero attached hydrogens (tertiary/aromatic N) is 3. The van der Waals surface area contributed by atoms with Crippen molar-refractivity contribution in [1.29, 1.82) is 0 Å². The van der Waals surface area contributed by atoms with Crippen molar-refractivity contribution in [3.8, 4) is 17.1 Å². The van der Waals surface area contributed by atoms with Crippen molar-refractivity contribution in [1.82, 2.24) is 19.9 Å². The molecule has 2 fully saturated rings. The van der Waals surface area contributed by atoms with Gasteiger partial charge in [-0.15, -0.1) is 0 Å². The van der Waals surface area contributed by atoms with Crippen molar-refractivity contribution < 1.29 is 0 Å². The summed E-state index contributed by atoms with van der Waals surface area (Å²) in [6, 6.07) is 19.6. The molecule has 5 nitrogen and oxygen atoms in total. The normalized spacial score (nSPS) is 18.9. The van der Waals surface area contributed by atoms with Crippen LogP contribution in [0.5, 0.6) is 0 Å². The molecule has 2 aromatic heterocycles. The molecule has 1 aliphatic carbocycles. The summed E-state index contributed by atoms with van der Waals surface area (Å²) in [6.45, 7) is 2.17. The third kappa shape index (κ3) is 2.97. The molecule has 150 valence electrons. The number of anilines is 1. The van der Waals surface area contributed by atoms with Gasteiger partial charge in [0.25, 0.3) is 0 Å². The van der Waals surface area contributed by atoms with E-state index in [9.17, 15) is 0 Å². The maximum Gasteiger partial charge on any atom is 0.149 e. The third-order valence-corrected chi connectivity index (χ3v) is 6.49. The maximum absolute atomic E-state index is 6.24. The highest BCUT2D eigenvalue weighted by molar-refractivity contribution is 5.86. The fourth-order valence-corrected chi connectivity index (χ4v) is 4.65. The maximum atomic E-state index is 6.24. The number of nitrogen functional groups attached to an aromatic ring is 1. The van der Waals surface area contributed by atoms with E-state index in [1.807, 2.05) is 12.1 Å². The number of pyridine rings is 1. The first-order chi connectivity index (χ1) is 14.8. The Morgan fingerprint density at radius 2 is 1.77 bits per heavy atom. The number of benzene rings is 2. The molecule has 0 amide bonds. The van der Waals surface area contributed by atoms with Crippen LogP contribution in [-0.2, 0) is 0 Å². The molecule has 2 aliphatic rings. The van der Waals surface area contributed by atoms with Gasteiger partial charge in [-0.3, -0.25) is 4.57 Å². The van der Waals surface area contributed by atoms with Gasteiger partial charge in [-0.05, 0) is 85.2 Å². The molecule has 1 saturated carbocycles. The van der Waals surface area contributed by atoms with E-state index in [2.05, 4.69) is 57.3 Å². The number of nitrogens with one attached hydrogen (secondary N) is 1. The third-order valence-electron chi connectivity index (χ3n) is 6.49. The van der Waals surface area contributed by atoms with Crippen molar-refractivity contribution in [2.45, 2.75) is 31.1 Å². The fourth-order valence-electron chi connectivity index (χ4n) is 4.65. The monoisotopic (exact) mass is 395 g/mol. The first kappa shape index (κ1) is 17.7. The van der Waals surface area contributed by atoms with E-state index in [4.69, 9.17) is 10.7 Å². The molecule has 5 heteroatoms. The lowest BCUT2D eigenvalue weighted by Crippen LogP contribution is -2.08. The number of nitrogens with two attached hydrogens (primary N) is 1. The van der Waals surface area contributed by atoms with Gasteiger partial charge in [0.05, 0.1) is 16.6 Å². The predicted molar refractivity (Wildman–Crippen MR) is 121 cm³/mol. The summed E-state index contributed by atoms with van der Waals surface area (Å²) in [6.07, 6.45) is 5.50. The number of rotatable bonds is 4. The van der Waals surface area contributed by atoms with Gasteiger partial charge in [0.1, 0.15) is 11.6 Å². The second-order valence-electron chi connectivity index (χ2n) is 8.51. The molecule has 0 radical (unpaired) electrons. The lowest BCUT2D eigenvalue weighted by atomic mass is 9.98. The van der Waals surface area contributed by atoms with Crippen molar-refractivity contribution in [2.75, 3.05) is 18.8 Å². The summed E-state index contributed by atoms with van der Waals surface area (Å²) in [5.41, 5.74) is 13.1. The second-order valence-corrected chi connectivity index (χ2v) is 8.51. The molecule has 1 atom stereocenters. The smallest absolute Gasteiger partial charge is 0.149 e. The lowest BCUT2D eigenvalue weighted by molar-refractivity contribution is 0.763. The minimum atomic E-state index is 0.505. The summed E-state index contributed by atoms with van der Waals surface area (Å²) >= 11 is 0. The van der Waals surface area contributed by atoms with Gasteiger partial charge in [-0.1, -0.05) is 18.2 Å². The van der Waals surface area contributed by atoms with Crippen LogP contribution in [0.2, 0.25) is 0 Å². The van der Waals surface area contributed by atoms with E-state index in [-0.39, 0.29) is 0 Å². The van der Waals surface area contributed by atoms with Crippen LogP contribution in [0.4, 0.5) is 5.82 Å². The van der Waals surface area contributed by atoms with Crippen LogP contribution in [0.1, 0.15) is 42.2 Å². The van der Waals surface area contributed by atoms with Crippen molar-refractivity contribution in [2.24, 2.45) is 0 Å². The van der Waals surface area contributed by atoms with Crippen LogP contribution >= 0.6 is 0 Å². The van der Waals surface area contributed by atoms with Crippen LogP contribution < -0.4 is 11.1 Å². The zero-order chi connectivity index (χ0) is 20.1. The Morgan fingerprint density at radius 3 is 2.50 bits per heavy atom. The first-order valence-corrected chi connectivity index (χ1v) is 10.8. The molecule has 3 heterocycles. The average molecular weight is 396 g/mol. The molecule has 1 aliphatic heterocycles. The lowest BCUT2D eigenvalue weighted by Gasteiger charge is -2.14. The minimum Gasteiger partial charge on any atom is -0.383 e. The number of hydrogen-bond donors (Lipinski definition) is 2. The largest absolute Gasteiger partial charge is 0.383 e. The Hall–Kier alpha value is -3.18. The fraction of sp³-hybridized carbons (Fsp3) is 0.280. The molecule has 1 saturated heterocycles. The van der Waals surface area contributed by atoms with E-state index >= 15 is 0 Å². The van der Waals surface area contributed by atoms with E-state index in [0.717, 1.165) is 41.2 Å². The van der Waals surface area contributed by atoms with Gasteiger partial charge in [0, 0.05) is 18.4 Å². The number of hydrogen-bond acceptors (Lipinski definition) is 4. The van der Waals surface area contributed by atoms with Crippen LogP contribution in [-0.4, -0.2) is 27.6 Å². The van der Waals surface area contributed by atoms with E-state index < -0.39 is 0 Å². The molecule has 6 rings (SSSR count). The molecule has 0 bridgehead atoms. The van der Waals surface area contributed by atoms with Crippen LogP contribution in [0, 0.1) is 0 Å². The summed E-state index contributed by atoms with van der Waals surface area (Å²) in [4.78, 5) is 9.27. The first-order valence-electron chi connectivity index (χ1n) is 10.8. The number of imidazole rings is 1. The second kappa shape index (κ2) is 6.96. The Morgan fingerprint density at radius 1 is 0.933 bits per heavy atom. The Balaban J connectivity index is 1.53. The molecule has 30 heavy (non-hydrogen) atoms. The zero-order valence-corrected chi connectivity index (χ0v) is 16.9. The van der Waals surface area contributed by atoms with Crippen LogP contribution in [0.25, 0.3) is 28.1 Å². The van der Waals surface area contributed by atoms with Crippen molar-refractivity contribution in [3.63, 3.8) is 0 Å². The molecular weight excluding hydrogens is 370 g/mol. The molecule has 4 aromatic rings. The van der Waals surface area contributed by atoms with E-state index in [1.165, 1.54) is 30.4 Å². The number of aromatic nitrogens is 3. The van der Waals surface area contributed by atoms with Gasteiger partial charge in [0.15, 0.2) is 0 Å². The molecular formula is C25H25N5. The zero-order valence-electron chi connectivity index (χ0n) is 16.9. The van der Waals surface area contributed by atoms with Crippen LogP contribution in [0.15, 0.2) is 60.8 Å². The van der Waals surface area contributed by atoms with Gasteiger partial charge in [0.2, 0.25) is 0 Å². The summed E-state index contributed by atoms with van der Waals surface area (Å²) in [5.74, 6) is 2.65. The Kier molecular flexibility index (Phi) is 4.09. The quantitative estimate of drug-likeness (QED) is 0.529. The molecule has 0 spiro atoms. The summed E-state index contributed by atoms with van der Waals surface area (Å²) < 4.78 is 2.24. The minimum absolute atomic E-state index is 0.505. The van der Waals surface area contributed by atoms with Gasteiger partial charge in [-0.25, -0.2) is 9.97 Å². The highest BCUT2D eigenvalue weighted by Gasteiger charge is 2.25. The van der Waals surface area contributed by atoms with Crippen LogP contribution in [0.3, 0.4) is 0 Å². The van der Waals surface area contributed by atoms with E-state index in [1.54, 1.807) is 6.20 Å². The molecule has 3 N–H and O–H groups in total. The Bertz CT molecular complexity index is 1210. The van der Waals surface area contributed by atoms with Gasteiger partial charge in [-0.2, -0.15) is 0 Å². The van der Waals surface area contributed by atoms with E-state index in [0.29, 0.717) is 17.7 Å². The summed E-state index contributed by atoms with van der Waals surface area (Å²) in [5, 5.41) is 3.46. The Labute approximate surface area is 176 Å². The SMILES string of the molecule is Nc1ncccc1-c1nc2ccc(C3CC3)cc2n1-c1ccc(C2CCNC2)cc1. The standard InChI is InChI=1S/C25H25N5/c26-24-21(2-1-12-28-24)25-29-22-10-7-18(16-3-4-16)14-23(22)30(25)20-8-5-17(6-9-20)19-11-13-27-15-19/h1-2,5-10,12,14,16,19,27H,3-4,11,13,15H2,(H2,26,28). The predicted octanol–water partition coefficient (Wildman–Crippen LogP) is 4.62. The van der Waals surface area contributed by atoms with Crippen molar-refractivity contribution >= 4 is 16.9 Å². The number of fused-ring (bicyclic) bond motifs is 1. The topological polar surface area (TPSA) is 68.8 Å². The highest BCUT2D eigenvalue weighted by atomic mass is 15.1. The summed E-state index contributed by atoms with van der Waals surface area (Å²) in [7, 11) is 0. The molecule has 2 aromatic carbocycles. The van der Waals surface area contributed by atoms with Gasteiger partial charge >= 0.3 is 0 Å².